The summed E-state index contributed by atoms with van der Waals surface area (Å²) < 4.78 is 0. The zero-order chi connectivity index (χ0) is 24.2. The van der Waals surface area contributed by atoms with E-state index in [-0.39, 0.29) is 23.7 Å². The molecule has 2 aliphatic heterocycles. The highest BCUT2D eigenvalue weighted by Crippen LogP contribution is 2.46. The SMILES string of the molecule is O=C(c1ccccc1)[C@H]1[C@H](c2ccc(Cl)cc2)[C@@H](C(=O)NCCc2ccccc2)N2C=CC=C[C@H]12. The summed E-state index contributed by atoms with van der Waals surface area (Å²) in [6.07, 6.45) is 8.60. The molecule has 1 N–H and O–H groups in total. The molecule has 3 aromatic rings. The number of carbonyl (C=O) groups excluding carboxylic acids is 2. The van der Waals surface area contributed by atoms with Crippen LogP contribution in [0.5, 0.6) is 0 Å². The van der Waals surface area contributed by atoms with Crippen LogP contribution in [0, 0.1) is 5.92 Å². The number of ketones is 1. The fraction of sp³-hybridized carbons (Fsp3) is 0.200. The first-order valence-electron chi connectivity index (χ1n) is 11.9. The number of amides is 1. The monoisotopic (exact) mass is 482 g/mol. The largest absolute Gasteiger partial charge is 0.358 e. The van der Waals surface area contributed by atoms with E-state index in [1.807, 2.05) is 102 Å². The third-order valence-corrected chi connectivity index (χ3v) is 7.13. The van der Waals surface area contributed by atoms with E-state index in [0.29, 0.717) is 17.1 Å². The first-order chi connectivity index (χ1) is 17.1. The lowest BCUT2D eigenvalue weighted by atomic mass is 9.77. The minimum atomic E-state index is -0.518. The van der Waals surface area contributed by atoms with Crippen LogP contribution >= 0.6 is 11.6 Å². The molecule has 1 saturated heterocycles. The standard InChI is InChI=1S/C30H27ClN2O2/c31-24-16-14-22(15-17-24)26-27(29(34)23-11-5-2-6-12-23)25-13-7-8-20-33(25)28(26)30(35)32-19-18-21-9-3-1-4-10-21/h1-17,20,25-28H,18-19H2,(H,32,35)/t25-,26+,27-,28+/m1/s1. The Hall–Kier alpha value is -3.63. The second kappa shape index (κ2) is 10.3. The Kier molecular flexibility index (Phi) is 6.82. The van der Waals surface area contributed by atoms with E-state index in [2.05, 4.69) is 17.4 Å². The maximum absolute atomic E-state index is 13.9. The zero-order valence-electron chi connectivity index (χ0n) is 19.3. The third kappa shape index (κ3) is 4.80. The van der Waals surface area contributed by atoms with Crippen molar-refractivity contribution >= 4 is 23.3 Å². The summed E-state index contributed by atoms with van der Waals surface area (Å²) in [6.45, 7) is 0.530. The highest BCUT2D eigenvalue weighted by Gasteiger charge is 2.53. The van der Waals surface area contributed by atoms with Crippen molar-refractivity contribution in [3.63, 3.8) is 0 Å². The van der Waals surface area contributed by atoms with Crippen molar-refractivity contribution in [2.75, 3.05) is 6.54 Å². The molecule has 0 unspecified atom stereocenters. The smallest absolute Gasteiger partial charge is 0.243 e. The quantitative estimate of drug-likeness (QED) is 0.457. The van der Waals surface area contributed by atoms with Gasteiger partial charge in [-0.15, -0.1) is 0 Å². The Morgan fingerprint density at radius 2 is 1.54 bits per heavy atom. The Morgan fingerprint density at radius 3 is 2.26 bits per heavy atom. The van der Waals surface area contributed by atoms with Gasteiger partial charge in [-0.05, 0) is 35.8 Å². The van der Waals surface area contributed by atoms with E-state index in [1.54, 1.807) is 0 Å². The molecular formula is C30H27ClN2O2. The summed E-state index contributed by atoms with van der Waals surface area (Å²) in [5.74, 6) is -0.770. The van der Waals surface area contributed by atoms with Gasteiger partial charge in [0.1, 0.15) is 6.04 Å². The Morgan fingerprint density at radius 1 is 0.857 bits per heavy atom. The van der Waals surface area contributed by atoms with Crippen LogP contribution in [0.4, 0.5) is 0 Å². The van der Waals surface area contributed by atoms with Crippen molar-refractivity contribution in [2.45, 2.75) is 24.4 Å². The molecule has 5 heteroatoms. The number of fused-ring (bicyclic) bond motifs is 1. The second-order valence-corrected chi connectivity index (χ2v) is 9.41. The van der Waals surface area contributed by atoms with Gasteiger partial charge in [0.25, 0.3) is 0 Å². The van der Waals surface area contributed by atoms with Gasteiger partial charge in [-0.1, -0.05) is 96.5 Å². The van der Waals surface area contributed by atoms with Crippen LogP contribution in [0.25, 0.3) is 0 Å². The fourth-order valence-corrected chi connectivity index (χ4v) is 5.39. The summed E-state index contributed by atoms with van der Waals surface area (Å²) in [4.78, 5) is 29.6. The van der Waals surface area contributed by atoms with Gasteiger partial charge in [-0.3, -0.25) is 9.59 Å². The number of rotatable bonds is 7. The Labute approximate surface area is 210 Å². The van der Waals surface area contributed by atoms with E-state index in [0.717, 1.165) is 12.0 Å². The van der Waals surface area contributed by atoms with Gasteiger partial charge >= 0.3 is 0 Å². The van der Waals surface area contributed by atoms with E-state index in [4.69, 9.17) is 11.6 Å². The molecular weight excluding hydrogens is 456 g/mol. The van der Waals surface area contributed by atoms with E-state index >= 15 is 0 Å². The first kappa shape index (κ1) is 23.1. The number of benzene rings is 3. The lowest BCUT2D eigenvalue weighted by molar-refractivity contribution is -0.125. The van der Waals surface area contributed by atoms with Crippen LogP contribution in [-0.4, -0.2) is 35.2 Å². The Balaban J connectivity index is 1.49. The molecule has 0 radical (unpaired) electrons. The summed E-state index contributed by atoms with van der Waals surface area (Å²) in [6, 6.07) is 26.3. The van der Waals surface area contributed by atoms with Crippen molar-refractivity contribution in [1.29, 1.82) is 0 Å². The van der Waals surface area contributed by atoms with E-state index < -0.39 is 12.0 Å². The van der Waals surface area contributed by atoms with Crippen LogP contribution in [0.2, 0.25) is 5.02 Å². The summed E-state index contributed by atoms with van der Waals surface area (Å²) >= 11 is 6.18. The minimum Gasteiger partial charge on any atom is -0.358 e. The maximum atomic E-state index is 13.9. The van der Waals surface area contributed by atoms with Gasteiger partial charge in [0.05, 0.1) is 12.0 Å². The molecule has 0 aromatic heterocycles. The number of allylic oxidation sites excluding steroid dienone is 2. The van der Waals surface area contributed by atoms with Gasteiger partial charge in [0.15, 0.2) is 5.78 Å². The first-order valence-corrected chi connectivity index (χ1v) is 12.3. The highest BCUT2D eigenvalue weighted by atomic mass is 35.5. The highest BCUT2D eigenvalue weighted by molar-refractivity contribution is 6.30. The lowest BCUT2D eigenvalue weighted by Gasteiger charge is -2.30. The molecule has 4 nitrogen and oxygen atoms in total. The molecule has 0 saturated carbocycles. The van der Waals surface area contributed by atoms with Gasteiger partial charge in [0, 0.05) is 29.2 Å². The van der Waals surface area contributed by atoms with Crippen LogP contribution < -0.4 is 5.32 Å². The molecule has 0 spiro atoms. The molecule has 2 heterocycles. The van der Waals surface area contributed by atoms with Crippen molar-refractivity contribution in [3.05, 3.63) is 131 Å². The molecule has 1 amide bonds. The number of hydrogen-bond donors (Lipinski definition) is 1. The molecule has 4 atom stereocenters. The molecule has 2 aliphatic rings. The van der Waals surface area contributed by atoms with E-state index in [9.17, 15) is 9.59 Å². The van der Waals surface area contributed by atoms with Gasteiger partial charge in [-0.2, -0.15) is 0 Å². The Bertz CT molecular complexity index is 1240. The zero-order valence-corrected chi connectivity index (χ0v) is 20.0. The summed E-state index contributed by atoms with van der Waals surface area (Å²) in [7, 11) is 0. The maximum Gasteiger partial charge on any atom is 0.243 e. The van der Waals surface area contributed by atoms with Crippen molar-refractivity contribution in [1.82, 2.24) is 10.2 Å². The number of hydrogen-bond acceptors (Lipinski definition) is 3. The van der Waals surface area contributed by atoms with E-state index in [1.165, 1.54) is 5.56 Å². The second-order valence-electron chi connectivity index (χ2n) is 8.97. The topological polar surface area (TPSA) is 49.4 Å². The number of halogens is 1. The van der Waals surface area contributed by atoms with Crippen LogP contribution in [0.1, 0.15) is 27.4 Å². The van der Waals surface area contributed by atoms with Crippen molar-refractivity contribution in [2.24, 2.45) is 5.92 Å². The summed E-state index contributed by atoms with van der Waals surface area (Å²) in [5.41, 5.74) is 2.76. The van der Waals surface area contributed by atoms with Gasteiger partial charge < -0.3 is 10.2 Å². The van der Waals surface area contributed by atoms with Crippen molar-refractivity contribution in [3.8, 4) is 0 Å². The molecule has 5 rings (SSSR count). The van der Waals surface area contributed by atoms with Crippen LogP contribution in [0.15, 0.2) is 109 Å². The predicted octanol–water partition coefficient (Wildman–Crippen LogP) is 5.42. The number of nitrogens with one attached hydrogen (secondary N) is 1. The third-order valence-electron chi connectivity index (χ3n) is 6.88. The molecule has 0 bridgehead atoms. The fourth-order valence-electron chi connectivity index (χ4n) is 5.27. The average molecular weight is 483 g/mol. The van der Waals surface area contributed by atoms with Crippen LogP contribution in [-0.2, 0) is 11.2 Å². The normalized spacial score (nSPS) is 22.6. The van der Waals surface area contributed by atoms with Gasteiger partial charge in [0.2, 0.25) is 5.91 Å². The number of nitrogens with zero attached hydrogens (tertiary/aromatic N) is 1. The molecule has 35 heavy (non-hydrogen) atoms. The predicted molar refractivity (Wildman–Crippen MR) is 139 cm³/mol. The number of Topliss-reactive ketones (excluding diaryl/α,β-unsaturated/α-hetero) is 1. The lowest BCUT2D eigenvalue weighted by Crippen LogP contribution is -2.46. The van der Waals surface area contributed by atoms with Crippen molar-refractivity contribution < 1.29 is 9.59 Å². The molecule has 176 valence electrons. The molecule has 3 aromatic carbocycles. The average Bonchev–Trinajstić information content (AvgIpc) is 3.25. The number of carbonyl (C=O) groups is 2. The molecule has 0 aliphatic carbocycles. The summed E-state index contributed by atoms with van der Waals surface area (Å²) in [5, 5.41) is 3.76. The van der Waals surface area contributed by atoms with Gasteiger partial charge in [-0.25, -0.2) is 0 Å². The molecule has 1 fully saturated rings. The van der Waals surface area contributed by atoms with Crippen LogP contribution in [0.3, 0.4) is 0 Å². The minimum absolute atomic E-state index is 0.0417.